The molecule has 1 saturated heterocycles. The Hall–Kier alpha value is -3.04. The molecule has 0 radical (unpaired) electrons. The van der Waals surface area contributed by atoms with E-state index in [0.29, 0.717) is 19.4 Å². The van der Waals surface area contributed by atoms with Crippen molar-refractivity contribution >= 4 is 17.8 Å². The number of aliphatic carboxylic acids is 1. The van der Waals surface area contributed by atoms with Gasteiger partial charge in [-0.3, -0.25) is 10.1 Å². The van der Waals surface area contributed by atoms with E-state index in [9.17, 15) is 22.8 Å². The van der Waals surface area contributed by atoms with Crippen LogP contribution in [0.2, 0.25) is 0 Å². The zero-order valence-corrected chi connectivity index (χ0v) is 14.1. The molecule has 1 aliphatic heterocycles. The third-order valence-electron chi connectivity index (χ3n) is 4.32. The second-order valence-electron chi connectivity index (χ2n) is 6.25. The van der Waals surface area contributed by atoms with Crippen LogP contribution >= 0.6 is 0 Å². The third-order valence-corrected chi connectivity index (χ3v) is 4.32. The van der Waals surface area contributed by atoms with Gasteiger partial charge in [-0.05, 0) is 31.0 Å². The van der Waals surface area contributed by atoms with Crippen molar-refractivity contribution in [2.45, 2.75) is 19.0 Å². The van der Waals surface area contributed by atoms with Crippen molar-refractivity contribution in [3.8, 4) is 5.69 Å². The highest BCUT2D eigenvalue weighted by atomic mass is 19.4. The van der Waals surface area contributed by atoms with Crippen molar-refractivity contribution in [3.05, 3.63) is 42.1 Å². The number of benzene rings is 1. The first-order valence-corrected chi connectivity index (χ1v) is 8.26. The summed E-state index contributed by atoms with van der Waals surface area (Å²) in [6, 6.07) is 5.63. The SMILES string of the molecule is O=C(O)[C@H]1CCCN(C(=O)Nc2ccn(-c3cccc(C(F)(F)F)c3)n2)C1. The fourth-order valence-electron chi connectivity index (χ4n) is 2.91. The maximum absolute atomic E-state index is 12.8. The zero-order valence-electron chi connectivity index (χ0n) is 14.1. The van der Waals surface area contributed by atoms with E-state index < -0.39 is 29.7 Å². The van der Waals surface area contributed by atoms with Crippen molar-refractivity contribution in [2.75, 3.05) is 18.4 Å². The smallest absolute Gasteiger partial charge is 0.416 e. The number of urea groups is 1. The first-order valence-electron chi connectivity index (χ1n) is 8.26. The minimum absolute atomic E-state index is 0.107. The molecule has 2 amide bonds. The van der Waals surface area contributed by atoms with Crippen LogP contribution in [0.15, 0.2) is 36.5 Å². The summed E-state index contributed by atoms with van der Waals surface area (Å²) < 4.78 is 39.7. The van der Waals surface area contributed by atoms with Crippen molar-refractivity contribution in [2.24, 2.45) is 5.92 Å². The van der Waals surface area contributed by atoms with Crippen molar-refractivity contribution in [1.29, 1.82) is 0 Å². The number of amides is 2. The molecule has 0 bridgehead atoms. The lowest BCUT2D eigenvalue weighted by atomic mass is 9.99. The standard InChI is InChI=1S/C17H17F3N4O3/c18-17(19,20)12-4-1-5-13(9-12)24-8-6-14(22-24)21-16(27)23-7-2-3-11(10-23)15(25)26/h1,4-6,8-9,11H,2-3,7,10H2,(H,25,26)(H,21,22,27)/t11-/m0/s1. The largest absolute Gasteiger partial charge is 0.481 e. The molecule has 27 heavy (non-hydrogen) atoms. The number of anilines is 1. The number of rotatable bonds is 3. The van der Waals surface area contributed by atoms with Crippen LogP contribution in [0, 0.1) is 5.92 Å². The number of nitrogens with one attached hydrogen (secondary N) is 1. The molecule has 0 unspecified atom stereocenters. The molecule has 2 N–H and O–H groups in total. The summed E-state index contributed by atoms with van der Waals surface area (Å²) in [6.45, 7) is 0.541. The lowest BCUT2D eigenvalue weighted by Crippen LogP contribution is -2.44. The average Bonchev–Trinajstić information content (AvgIpc) is 3.09. The van der Waals surface area contributed by atoms with Crippen molar-refractivity contribution in [3.63, 3.8) is 0 Å². The minimum atomic E-state index is -4.46. The Kier molecular flexibility index (Phi) is 5.06. The predicted molar refractivity (Wildman–Crippen MR) is 89.5 cm³/mol. The van der Waals surface area contributed by atoms with E-state index in [0.717, 1.165) is 12.1 Å². The van der Waals surface area contributed by atoms with Gasteiger partial charge in [-0.1, -0.05) is 6.07 Å². The van der Waals surface area contributed by atoms with E-state index in [2.05, 4.69) is 10.4 Å². The number of piperidine rings is 1. The molecule has 1 aliphatic rings. The van der Waals surface area contributed by atoms with Crippen LogP contribution in [0.4, 0.5) is 23.8 Å². The quantitative estimate of drug-likeness (QED) is 0.853. The lowest BCUT2D eigenvalue weighted by molar-refractivity contribution is -0.143. The molecule has 1 aromatic heterocycles. The molecule has 0 saturated carbocycles. The Morgan fingerprint density at radius 2 is 2.04 bits per heavy atom. The summed E-state index contributed by atoms with van der Waals surface area (Å²) in [5.41, 5.74) is -0.594. The minimum Gasteiger partial charge on any atom is -0.481 e. The number of carboxylic acids is 1. The van der Waals surface area contributed by atoms with Crippen molar-refractivity contribution in [1.82, 2.24) is 14.7 Å². The highest BCUT2D eigenvalue weighted by Gasteiger charge is 2.31. The fourth-order valence-corrected chi connectivity index (χ4v) is 2.91. The van der Waals surface area contributed by atoms with Gasteiger partial charge in [0.2, 0.25) is 0 Å². The van der Waals surface area contributed by atoms with E-state index >= 15 is 0 Å². The molecule has 2 aromatic rings. The van der Waals surface area contributed by atoms with Gasteiger partial charge in [0, 0.05) is 25.4 Å². The topological polar surface area (TPSA) is 87.5 Å². The number of likely N-dealkylation sites (tertiary alicyclic amines) is 1. The monoisotopic (exact) mass is 382 g/mol. The highest BCUT2D eigenvalue weighted by Crippen LogP contribution is 2.30. The summed E-state index contributed by atoms with van der Waals surface area (Å²) in [5, 5.41) is 15.7. The second kappa shape index (κ2) is 7.29. The van der Waals surface area contributed by atoms with Gasteiger partial charge in [0.05, 0.1) is 17.2 Å². The number of carboxylic acid groups (broad SMARTS) is 1. The predicted octanol–water partition coefficient (Wildman–Crippen LogP) is 3.22. The zero-order chi connectivity index (χ0) is 19.6. The van der Waals surface area contributed by atoms with Gasteiger partial charge in [0.15, 0.2) is 5.82 Å². The van der Waals surface area contributed by atoms with Crippen LogP contribution in [0.3, 0.4) is 0 Å². The molecule has 10 heteroatoms. The molecule has 1 atom stereocenters. The Labute approximate surface area is 152 Å². The molecular formula is C17H17F3N4O3. The molecular weight excluding hydrogens is 365 g/mol. The first-order chi connectivity index (χ1) is 12.7. The highest BCUT2D eigenvalue weighted by molar-refractivity contribution is 5.88. The third kappa shape index (κ3) is 4.39. The number of aromatic nitrogens is 2. The average molecular weight is 382 g/mol. The van der Waals surface area contributed by atoms with Crippen LogP contribution in [0.5, 0.6) is 0 Å². The Morgan fingerprint density at radius 1 is 1.26 bits per heavy atom. The summed E-state index contributed by atoms with van der Waals surface area (Å²) in [4.78, 5) is 24.8. The molecule has 3 rings (SSSR count). The van der Waals surface area contributed by atoms with Crippen LogP contribution in [0.1, 0.15) is 18.4 Å². The number of hydrogen-bond acceptors (Lipinski definition) is 3. The van der Waals surface area contributed by atoms with E-state index in [-0.39, 0.29) is 18.1 Å². The maximum atomic E-state index is 12.8. The summed E-state index contributed by atoms with van der Waals surface area (Å²) in [7, 11) is 0. The van der Waals surface area contributed by atoms with Gasteiger partial charge in [0.25, 0.3) is 0 Å². The van der Waals surface area contributed by atoms with Crippen LogP contribution in [-0.4, -0.2) is 44.9 Å². The molecule has 7 nitrogen and oxygen atoms in total. The number of halogens is 3. The normalized spacial score (nSPS) is 17.6. The second-order valence-corrected chi connectivity index (χ2v) is 6.25. The number of nitrogens with zero attached hydrogens (tertiary/aromatic N) is 3. The lowest BCUT2D eigenvalue weighted by Gasteiger charge is -2.30. The summed E-state index contributed by atoms with van der Waals surface area (Å²) >= 11 is 0. The molecule has 1 fully saturated rings. The molecule has 1 aromatic carbocycles. The van der Waals surface area contributed by atoms with Crippen LogP contribution in [0.25, 0.3) is 5.69 Å². The van der Waals surface area contributed by atoms with E-state index in [1.54, 1.807) is 0 Å². The number of hydrogen-bond donors (Lipinski definition) is 2. The first kappa shape index (κ1) is 18.7. The molecule has 2 heterocycles. The summed E-state index contributed by atoms with van der Waals surface area (Å²) in [6.07, 6.45) is -1.93. The number of carbonyl (C=O) groups excluding carboxylic acids is 1. The summed E-state index contributed by atoms with van der Waals surface area (Å²) in [5.74, 6) is -1.39. The Morgan fingerprint density at radius 3 is 2.74 bits per heavy atom. The van der Waals surface area contributed by atoms with E-state index in [4.69, 9.17) is 5.11 Å². The van der Waals surface area contributed by atoms with Gasteiger partial charge < -0.3 is 10.0 Å². The maximum Gasteiger partial charge on any atom is 0.416 e. The van der Waals surface area contributed by atoms with Crippen LogP contribution in [-0.2, 0) is 11.0 Å². The van der Waals surface area contributed by atoms with Gasteiger partial charge in [-0.25, -0.2) is 9.48 Å². The van der Waals surface area contributed by atoms with Gasteiger partial charge in [0.1, 0.15) is 0 Å². The van der Waals surface area contributed by atoms with E-state index in [1.165, 1.54) is 34.0 Å². The van der Waals surface area contributed by atoms with E-state index in [1.807, 2.05) is 0 Å². The number of alkyl halides is 3. The Balaban J connectivity index is 1.69. The molecule has 144 valence electrons. The van der Waals surface area contributed by atoms with Gasteiger partial charge >= 0.3 is 18.2 Å². The number of carbonyl (C=O) groups is 2. The molecule has 0 spiro atoms. The van der Waals surface area contributed by atoms with Crippen molar-refractivity contribution < 1.29 is 27.9 Å². The van der Waals surface area contributed by atoms with Gasteiger partial charge in [-0.2, -0.15) is 13.2 Å². The Bertz CT molecular complexity index is 850. The molecule has 0 aliphatic carbocycles. The van der Waals surface area contributed by atoms with Gasteiger partial charge in [-0.15, -0.1) is 5.10 Å². The fraction of sp³-hybridized carbons (Fsp3) is 0.353. The van der Waals surface area contributed by atoms with Crippen LogP contribution < -0.4 is 5.32 Å².